The highest BCUT2D eigenvalue weighted by atomic mass is 15.3. The molecule has 2 heterocycles. The first kappa shape index (κ1) is 13.6. The highest BCUT2D eigenvalue weighted by molar-refractivity contribution is 5.25. The summed E-state index contributed by atoms with van der Waals surface area (Å²) in [7, 11) is 2.20. The van der Waals surface area contributed by atoms with E-state index in [9.17, 15) is 0 Å². The number of likely N-dealkylation sites (tertiary alicyclic amines) is 1. The maximum atomic E-state index is 5.61. The number of piperidine rings is 1. The minimum absolute atomic E-state index is 0.550. The van der Waals surface area contributed by atoms with Gasteiger partial charge in [-0.3, -0.25) is 4.68 Å². The molecule has 1 fully saturated rings. The third-order valence-corrected chi connectivity index (χ3v) is 4.05. The first-order chi connectivity index (χ1) is 8.63. The summed E-state index contributed by atoms with van der Waals surface area (Å²) < 4.78 is 2.26. The fourth-order valence-electron chi connectivity index (χ4n) is 3.03. The second-order valence-corrected chi connectivity index (χ2v) is 5.54. The standard InChI is InChI=1S/C14H26N4/c1-11-14(7-4-8-15)12(2)18(16-11)13-6-5-9-17(3)10-13/h13H,4-10,15H2,1-3H3. The van der Waals surface area contributed by atoms with Crippen molar-refractivity contribution in [2.45, 2.75) is 45.6 Å². The van der Waals surface area contributed by atoms with Gasteiger partial charge >= 0.3 is 0 Å². The van der Waals surface area contributed by atoms with Crippen LogP contribution >= 0.6 is 0 Å². The minimum Gasteiger partial charge on any atom is -0.330 e. The summed E-state index contributed by atoms with van der Waals surface area (Å²) in [6, 6.07) is 0.550. The SMILES string of the molecule is Cc1nn(C2CCCN(C)C2)c(C)c1CCCN. The Morgan fingerprint density at radius 3 is 2.83 bits per heavy atom. The Bertz CT molecular complexity index is 397. The smallest absolute Gasteiger partial charge is 0.0649 e. The quantitative estimate of drug-likeness (QED) is 0.884. The molecule has 2 N–H and O–H groups in total. The highest BCUT2D eigenvalue weighted by Crippen LogP contribution is 2.25. The zero-order valence-electron chi connectivity index (χ0n) is 11.9. The molecule has 1 aliphatic heterocycles. The summed E-state index contributed by atoms with van der Waals surface area (Å²) in [4.78, 5) is 2.41. The Kier molecular flexibility index (Phi) is 4.40. The molecule has 0 bridgehead atoms. The van der Waals surface area contributed by atoms with E-state index in [2.05, 4.69) is 30.5 Å². The molecule has 1 aromatic rings. The predicted molar refractivity (Wildman–Crippen MR) is 74.8 cm³/mol. The van der Waals surface area contributed by atoms with Crippen LogP contribution < -0.4 is 5.73 Å². The van der Waals surface area contributed by atoms with Crippen LogP contribution in [-0.4, -0.2) is 41.4 Å². The van der Waals surface area contributed by atoms with Crippen molar-refractivity contribution in [3.8, 4) is 0 Å². The number of hydrogen-bond acceptors (Lipinski definition) is 3. The van der Waals surface area contributed by atoms with Gasteiger partial charge < -0.3 is 10.6 Å². The molecule has 1 atom stereocenters. The fraction of sp³-hybridized carbons (Fsp3) is 0.786. The number of aromatic nitrogens is 2. The lowest BCUT2D eigenvalue weighted by Gasteiger charge is -2.30. The second kappa shape index (κ2) is 5.85. The van der Waals surface area contributed by atoms with Gasteiger partial charge in [0.2, 0.25) is 0 Å². The van der Waals surface area contributed by atoms with Crippen molar-refractivity contribution in [2.75, 3.05) is 26.7 Å². The zero-order valence-corrected chi connectivity index (χ0v) is 11.9. The molecule has 1 unspecified atom stereocenters. The largest absolute Gasteiger partial charge is 0.330 e. The normalized spacial score (nSPS) is 21.4. The van der Waals surface area contributed by atoms with Gasteiger partial charge in [0.05, 0.1) is 11.7 Å². The van der Waals surface area contributed by atoms with Gasteiger partial charge in [-0.05, 0) is 65.2 Å². The van der Waals surface area contributed by atoms with Crippen LogP contribution in [0.4, 0.5) is 0 Å². The number of aryl methyl sites for hydroxylation is 1. The van der Waals surface area contributed by atoms with Crippen molar-refractivity contribution in [1.82, 2.24) is 14.7 Å². The van der Waals surface area contributed by atoms with Crippen molar-refractivity contribution < 1.29 is 0 Å². The lowest BCUT2D eigenvalue weighted by atomic mass is 10.0. The first-order valence-electron chi connectivity index (χ1n) is 7.06. The molecule has 0 radical (unpaired) electrons. The molecule has 18 heavy (non-hydrogen) atoms. The second-order valence-electron chi connectivity index (χ2n) is 5.54. The number of nitrogens with zero attached hydrogens (tertiary/aromatic N) is 3. The van der Waals surface area contributed by atoms with Crippen LogP contribution in [0, 0.1) is 13.8 Å². The number of likely N-dealkylation sites (N-methyl/N-ethyl adjacent to an activating group) is 1. The molecule has 0 saturated carbocycles. The summed E-state index contributed by atoms with van der Waals surface area (Å²) in [5.41, 5.74) is 9.56. The van der Waals surface area contributed by atoms with Crippen LogP contribution in [0.5, 0.6) is 0 Å². The summed E-state index contributed by atoms with van der Waals surface area (Å²) in [5, 5.41) is 4.77. The fourth-order valence-corrected chi connectivity index (χ4v) is 3.03. The van der Waals surface area contributed by atoms with Crippen molar-refractivity contribution >= 4 is 0 Å². The summed E-state index contributed by atoms with van der Waals surface area (Å²) in [6.07, 6.45) is 4.65. The van der Waals surface area contributed by atoms with Crippen molar-refractivity contribution in [1.29, 1.82) is 0 Å². The van der Waals surface area contributed by atoms with Crippen LogP contribution in [0.2, 0.25) is 0 Å². The van der Waals surface area contributed by atoms with Crippen LogP contribution in [0.1, 0.15) is 42.3 Å². The van der Waals surface area contributed by atoms with Crippen LogP contribution in [0.25, 0.3) is 0 Å². The molecule has 4 nitrogen and oxygen atoms in total. The van der Waals surface area contributed by atoms with E-state index in [1.54, 1.807) is 0 Å². The molecule has 0 aromatic carbocycles. The minimum atomic E-state index is 0.550. The Balaban J connectivity index is 2.17. The molecule has 1 aromatic heterocycles. The van der Waals surface area contributed by atoms with E-state index in [1.165, 1.54) is 36.3 Å². The predicted octanol–water partition coefficient (Wildman–Crippen LogP) is 1.66. The van der Waals surface area contributed by atoms with E-state index < -0.39 is 0 Å². The maximum absolute atomic E-state index is 5.61. The van der Waals surface area contributed by atoms with Gasteiger partial charge in [-0.2, -0.15) is 5.10 Å². The Morgan fingerprint density at radius 2 is 2.17 bits per heavy atom. The van der Waals surface area contributed by atoms with Gasteiger partial charge in [0.15, 0.2) is 0 Å². The van der Waals surface area contributed by atoms with Crippen LogP contribution in [-0.2, 0) is 6.42 Å². The molecule has 0 amide bonds. The van der Waals surface area contributed by atoms with E-state index in [4.69, 9.17) is 10.8 Å². The molecular weight excluding hydrogens is 224 g/mol. The first-order valence-corrected chi connectivity index (χ1v) is 7.06. The number of rotatable bonds is 4. The van der Waals surface area contributed by atoms with Gasteiger partial charge in [0, 0.05) is 12.2 Å². The van der Waals surface area contributed by atoms with Gasteiger partial charge in [-0.15, -0.1) is 0 Å². The van der Waals surface area contributed by atoms with Gasteiger partial charge in [-0.1, -0.05) is 0 Å². The van der Waals surface area contributed by atoms with Gasteiger partial charge in [-0.25, -0.2) is 0 Å². The highest BCUT2D eigenvalue weighted by Gasteiger charge is 2.22. The molecule has 0 spiro atoms. The molecule has 1 aliphatic rings. The monoisotopic (exact) mass is 250 g/mol. The molecule has 2 rings (SSSR count). The topological polar surface area (TPSA) is 47.1 Å². The zero-order chi connectivity index (χ0) is 13.1. The summed E-state index contributed by atoms with van der Waals surface area (Å²) in [5.74, 6) is 0. The molecule has 4 heteroatoms. The van der Waals surface area contributed by atoms with Crippen LogP contribution in [0.15, 0.2) is 0 Å². The van der Waals surface area contributed by atoms with Crippen LogP contribution in [0.3, 0.4) is 0 Å². The molecule has 1 saturated heterocycles. The molecule has 102 valence electrons. The molecular formula is C14H26N4. The number of hydrogen-bond donors (Lipinski definition) is 1. The third kappa shape index (κ3) is 2.75. The summed E-state index contributed by atoms with van der Waals surface area (Å²) in [6.45, 7) is 7.44. The Hall–Kier alpha value is -0.870. The lowest BCUT2D eigenvalue weighted by molar-refractivity contribution is 0.200. The average molecular weight is 250 g/mol. The average Bonchev–Trinajstić information content (AvgIpc) is 2.63. The van der Waals surface area contributed by atoms with Gasteiger partial charge in [0.25, 0.3) is 0 Å². The number of nitrogens with two attached hydrogens (primary N) is 1. The lowest BCUT2D eigenvalue weighted by Crippen LogP contribution is -2.34. The summed E-state index contributed by atoms with van der Waals surface area (Å²) >= 11 is 0. The van der Waals surface area contributed by atoms with E-state index in [-0.39, 0.29) is 0 Å². The van der Waals surface area contributed by atoms with E-state index in [0.29, 0.717) is 6.04 Å². The van der Waals surface area contributed by atoms with E-state index in [1.807, 2.05) is 0 Å². The van der Waals surface area contributed by atoms with Gasteiger partial charge in [0.1, 0.15) is 0 Å². The molecule has 0 aliphatic carbocycles. The van der Waals surface area contributed by atoms with Crippen molar-refractivity contribution in [3.05, 3.63) is 17.0 Å². The van der Waals surface area contributed by atoms with Crippen molar-refractivity contribution in [2.24, 2.45) is 5.73 Å². The van der Waals surface area contributed by atoms with E-state index in [0.717, 1.165) is 25.9 Å². The van der Waals surface area contributed by atoms with Crippen molar-refractivity contribution in [3.63, 3.8) is 0 Å². The maximum Gasteiger partial charge on any atom is 0.0649 e. The Morgan fingerprint density at radius 1 is 1.39 bits per heavy atom. The Labute approximate surface area is 110 Å². The van der Waals surface area contributed by atoms with E-state index >= 15 is 0 Å². The third-order valence-electron chi connectivity index (χ3n) is 4.05.